The van der Waals surface area contributed by atoms with Crippen LogP contribution >= 0.6 is 0 Å². The standard InChI is InChI=1S/C12H18N4O4/c17-8-9-3-1-2-4-11(9)14-12(18)7-15-6-10(5-13-15)16(19)20/h5-6,9,11,17H,1-4,7-8H2,(H,14,18). The number of amides is 1. The normalized spacial score (nSPS) is 22.4. The largest absolute Gasteiger partial charge is 0.396 e. The lowest BCUT2D eigenvalue weighted by molar-refractivity contribution is -0.385. The average Bonchev–Trinajstić information content (AvgIpc) is 2.88. The van der Waals surface area contributed by atoms with Crippen molar-refractivity contribution in [2.75, 3.05) is 6.61 Å². The maximum absolute atomic E-state index is 11.9. The molecule has 0 saturated heterocycles. The van der Waals surface area contributed by atoms with E-state index in [1.54, 1.807) is 0 Å². The summed E-state index contributed by atoms with van der Waals surface area (Å²) in [5, 5.41) is 26.5. The predicted octanol–water partition coefficient (Wildman–Crippen LogP) is 0.459. The van der Waals surface area contributed by atoms with Crippen molar-refractivity contribution in [3.05, 3.63) is 22.5 Å². The Morgan fingerprint density at radius 1 is 1.55 bits per heavy atom. The second-order valence-electron chi connectivity index (χ2n) is 5.05. The summed E-state index contributed by atoms with van der Waals surface area (Å²) in [6.07, 6.45) is 6.22. The first-order valence-electron chi connectivity index (χ1n) is 6.67. The van der Waals surface area contributed by atoms with Crippen LogP contribution in [0.1, 0.15) is 25.7 Å². The second-order valence-corrected chi connectivity index (χ2v) is 5.05. The van der Waals surface area contributed by atoms with Crippen LogP contribution < -0.4 is 5.32 Å². The first-order chi connectivity index (χ1) is 9.60. The van der Waals surface area contributed by atoms with Crippen molar-refractivity contribution in [2.24, 2.45) is 5.92 Å². The summed E-state index contributed by atoms with van der Waals surface area (Å²) in [4.78, 5) is 21.9. The fourth-order valence-corrected chi connectivity index (χ4v) is 2.55. The van der Waals surface area contributed by atoms with E-state index in [4.69, 9.17) is 0 Å². The number of nitrogens with zero attached hydrogens (tertiary/aromatic N) is 3. The molecule has 20 heavy (non-hydrogen) atoms. The van der Waals surface area contributed by atoms with Crippen molar-refractivity contribution < 1.29 is 14.8 Å². The molecule has 8 heteroatoms. The molecule has 2 unspecified atom stereocenters. The van der Waals surface area contributed by atoms with Gasteiger partial charge in [0.15, 0.2) is 0 Å². The maximum Gasteiger partial charge on any atom is 0.307 e. The molecule has 8 nitrogen and oxygen atoms in total. The Balaban J connectivity index is 1.89. The van der Waals surface area contributed by atoms with E-state index in [1.807, 2.05) is 0 Å². The van der Waals surface area contributed by atoms with E-state index in [-0.39, 0.29) is 36.7 Å². The van der Waals surface area contributed by atoms with Crippen molar-refractivity contribution in [1.82, 2.24) is 15.1 Å². The minimum atomic E-state index is -0.551. The van der Waals surface area contributed by atoms with E-state index >= 15 is 0 Å². The summed E-state index contributed by atoms with van der Waals surface area (Å²) in [6, 6.07) is -0.0215. The lowest BCUT2D eigenvalue weighted by Gasteiger charge is -2.30. The summed E-state index contributed by atoms with van der Waals surface area (Å²) in [5.41, 5.74) is -0.135. The number of hydrogen-bond donors (Lipinski definition) is 2. The van der Waals surface area contributed by atoms with Crippen molar-refractivity contribution in [3.8, 4) is 0 Å². The lowest BCUT2D eigenvalue weighted by Crippen LogP contribution is -2.44. The van der Waals surface area contributed by atoms with Crippen LogP contribution in [-0.2, 0) is 11.3 Å². The van der Waals surface area contributed by atoms with Crippen LogP contribution in [0.25, 0.3) is 0 Å². The van der Waals surface area contributed by atoms with Gasteiger partial charge in [-0.25, -0.2) is 0 Å². The highest BCUT2D eigenvalue weighted by Crippen LogP contribution is 2.23. The van der Waals surface area contributed by atoms with Gasteiger partial charge in [-0.15, -0.1) is 0 Å². The number of rotatable bonds is 5. The van der Waals surface area contributed by atoms with Crippen LogP contribution in [0.2, 0.25) is 0 Å². The molecule has 0 radical (unpaired) electrons. The van der Waals surface area contributed by atoms with E-state index in [0.717, 1.165) is 31.9 Å². The van der Waals surface area contributed by atoms with Gasteiger partial charge in [0.1, 0.15) is 18.9 Å². The van der Waals surface area contributed by atoms with Gasteiger partial charge in [-0.3, -0.25) is 19.6 Å². The van der Waals surface area contributed by atoms with E-state index in [2.05, 4.69) is 10.4 Å². The molecule has 1 saturated carbocycles. The molecule has 1 aromatic rings. The lowest BCUT2D eigenvalue weighted by atomic mass is 9.85. The van der Waals surface area contributed by atoms with Gasteiger partial charge in [-0.2, -0.15) is 5.10 Å². The van der Waals surface area contributed by atoms with Crippen molar-refractivity contribution >= 4 is 11.6 Å². The number of hydrogen-bond acceptors (Lipinski definition) is 5. The minimum absolute atomic E-state index is 0.0215. The fraction of sp³-hybridized carbons (Fsp3) is 0.667. The second kappa shape index (κ2) is 6.47. The third-order valence-corrected chi connectivity index (χ3v) is 3.63. The molecule has 2 rings (SSSR count). The summed E-state index contributed by atoms with van der Waals surface area (Å²) >= 11 is 0. The molecule has 110 valence electrons. The van der Waals surface area contributed by atoms with Crippen LogP contribution in [0.5, 0.6) is 0 Å². The summed E-state index contributed by atoms with van der Waals surface area (Å²) in [7, 11) is 0. The quantitative estimate of drug-likeness (QED) is 0.602. The van der Waals surface area contributed by atoms with Crippen LogP contribution in [-0.4, -0.2) is 38.4 Å². The predicted molar refractivity (Wildman–Crippen MR) is 69.9 cm³/mol. The molecule has 2 atom stereocenters. The van der Waals surface area contributed by atoms with Crippen LogP contribution in [0.15, 0.2) is 12.4 Å². The third kappa shape index (κ3) is 3.53. The number of nitro groups is 1. The van der Waals surface area contributed by atoms with Gasteiger partial charge in [-0.1, -0.05) is 12.8 Å². The zero-order chi connectivity index (χ0) is 14.5. The van der Waals surface area contributed by atoms with Crippen molar-refractivity contribution in [1.29, 1.82) is 0 Å². The number of aliphatic hydroxyl groups is 1. The van der Waals surface area contributed by atoms with Gasteiger partial charge >= 0.3 is 5.69 Å². The molecule has 0 bridgehead atoms. The van der Waals surface area contributed by atoms with Gasteiger partial charge in [0.25, 0.3) is 0 Å². The first-order valence-corrected chi connectivity index (χ1v) is 6.67. The molecule has 2 N–H and O–H groups in total. The average molecular weight is 282 g/mol. The van der Waals surface area contributed by atoms with Gasteiger partial charge < -0.3 is 10.4 Å². The molecular weight excluding hydrogens is 264 g/mol. The molecule has 0 spiro atoms. The van der Waals surface area contributed by atoms with E-state index in [0.29, 0.717) is 0 Å². The van der Waals surface area contributed by atoms with E-state index in [9.17, 15) is 20.0 Å². The Bertz CT molecular complexity index is 488. The van der Waals surface area contributed by atoms with Gasteiger partial charge in [0, 0.05) is 18.6 Å². The van der Waals surface area contributed by atoms with Crippen LogP contribution in [0.4, 0.5) is 5.69 Å². The van der Waals surface area contributed by atoms with Crippen LogP contribution in [0.3, 0.4) is 0 Å². The zero-order valence-electron chi connectivity index (χ0n) is 11.1. The Morgan fingerprint density at radius 3 is 2.95 bits per heavy atom. The Kier molecular flexibility index (Phi) is 4.67. The molecule has 0 aromatic carbocycles. The highest BCUT2D eigenvalue weighted by atomic mass is 16.6. The number of aliphatic hydroxyl groups excluding tert-OH is 1. The monoisotopic (exact) mass is 282 g/mol. The number of carbonyl (C=O) groups is 1. The molecule has 1 aromatic heterocycles. The topological polar surface area (TPSA) is 110 Å². The molecule has 1 heterocycles. The van der Waals surface area contributed by atoms with E-state index < -0.39 is 4.92 Å². The summed E-state index contributed by atoms with van der Waals surface area (Å²) < 4.78 is 1.24. The highest BCUT2D eigenvalue weighted by molar-refractivity contribution is 5.76. The molecule has 1 amide bonds. The number of aromatic nitrogens is 2. The Labute approximate surface area is 115 Å². The minimum Gasteiger partial charge on any atom is -0.396 e. The Morgan fingerprint density at radius 2 is 2.30 bits per heavy atom. The number of nitrogens with one attached hydrogen (secondary N) is 1. The highest BCUT2D eigenvalue weighted by Gasteiger charge is 2.25. The third-order valence-electron chi connectivity index (χ3n) is 3.63. The van der Waals surface area contributed by atoms with E-state index in [1.165, 1.54) is 10.9 Å². The van der Waals surface area contributed by atoms with Crippen molar-refractivity contribution in [3.63, 3.8) is 0 Å². The SMILES string of the molecule is O=C(Cn1cc([N+](=O)[O-])cn1)NC1CCCCC1CO. The van der Waals surface area contributed by atoms with Gasteiger partial charge in [0.05, 0.1) is 4.92 Å². The smallest absolute Gasteiger partial charge is 0.307 e. The first kappa shape index (κ1) is 14.4. The molecule has 1 aliphatic carbocycles. The zero-order valence-corrected chi connectivity index (χ0v) is 11.1. The molecule has 1 fully saturated rings. The van der Waals surface area contributed by atoms with Gasteiger partial charge in [-0.05, 0) is 12.8 Å². The molecular formula is C12H18N4O4. The number of carbonyl (C=O) groups excluding carboxylic acids is 1. The fourth-order valence-electron chi connectivity index (χ4n) is 2.55. The van der Waals surface area contributed by atoms with Crippen LogP contribution in [0, 0.1) is 16.0 Å². The summed E-state index contributed by atoms with van der Waals surface area (Å²) in [5.74, 6) is -0.145. The molecule has 1 aliphatic rings. The van der Waals surface area contributed by atoms with Crippen molar-refractivity contribution in [2.45, 2.75) is 38.3 Å². The van der Waals surface area contributed by atoms with Gasteiger partial charge in [0.2, 0.25) is 5.91 Å². The maximum atomic E-state index is 11.9. The summed E-state index contributed by atoms with van der Waals surface area (Å²) in [6.45, 7) is 0.0146. The Hall–Kier alpha value is -1.96. The molecule has 0 aliphatic heterocycles.